The largest absolute Gasteiger partial charge is 0.478 e. The Balaban J connectivity index is 1.98. The SMILES string of the molecule is Cc1cc(=O)cc(C)n1CC(=O)NCc1ccc(C(=O)O)cc1. The molecule has 23 heavy (non-hydrogen) atoms. The Hall–Kier alpha value is -2.89. The third-order valence-electron chi connectivity index (χ3n) is 3.55. The van der Waals surface area contributed by atoms with Crippen LogP contribution in [0.1, 0.15) is 27.3 Å². The van der Waals surface area contributed by atoms with E-state index in [1.54, 1.807) is 30.5 Å². The molecule has 1 aromatic heterocycles. The van der Waals surface area contributed by atoms with E-state index in [2.05, 4.69) is 5.32 Å². The molecule has 2 aromatic rings. The topological polar surface area (TPSA) is 88.4 Å². The van der Waals surface area contributed by atoms with Gasteiger partial charge in [-0.25, -0.2) is 4.79 Å². The number of carbonyl (C=O) groups is 2. The number of aromatic nitrogens is 1. The molecule has 1 aromatic carbocycles. The van der Waals surface area contributed by atoms with Crippen LogP contribution in [-0.2, 0) is 17.9 Å². The fraction of sp³-hybridized carbons (Fsp3) is 0.235. The second kappa shape index (κ2) is 6.91. The van der Waals surface area contributed by atoms with Crippen molar-refractivity contribution in [2.45, 2.75) is 26.9 Å². The van der Waals surface area contributed by atoms with Crippen molar-refractivity contribution in [3.63, 3.8) is 0 Å². The molecule has 0 atom stereocenters. The van der Waals surface area contributed by atoms with Gasteiger partial charge in [0.15, 0.2) is 5.43 Å². The molecule has 6 nitrogen and oxygen atoms in total. The maximum atomic E-state index is 12.0. The van der Waals surface area contributed by atoms with Crippen molar-refractivity contribution in [3.05, 3.63) is 69.1 Å². The van der Waals surface area contributed by atoms with Gasteiger partial charge in [-0.05, 0) is 31.5 Å². The molecule has 0 saturated heterocycles. The Morgan fingerprint density at radius 3 is 2.17 bits per heavy atom. The van der Waals surface area contributed by atoms with E-state index in [9.17, 15) is 14.4 Å². The highest BCUT2D eigenvalue weighted by Gasteiger charge is 2.08. The van der Waals surface area contributed by atoms with Gasteiger partial charge in [0.1, 0.15) is 6.54 Å². The molecule has 1 amide bonds. The molecule has 1 heterocycles. The second-order valence-corrected chi connectivity index (χ2v) is 5.34. The van der Waals surface area contributed by atoms with Gasteiger partial charge in [-0.2, -0.15) is 0 Å². The molecule has 0 radical (unpaired) electrons. The number of aromatic carboxylic acids is 1. The van der Waals surface area contributed by atoms with E-state index >= 15 is 0 Å². The summed E-state index contributed by atoms with van der Waals surface area (Å²) in [6.45, 7) is 4.01. The molecule has 0 bridgehead atoms. The van der Waals surface area contributed by atoms with Crippen LogP contribution in [0.2, 0.25) is 0 Å². The highest BCUT2D eigenvalue weighted by atomic mass is 16.4. The lowest BCUT2D eigenvalue weighted by Gasteiger charge is -2.14. The molecule has 120 valence electrons. The Kier molecular flexibility index (Phi) is 4.95. The first kappa shape index (κ1) is 16.5. The molecule has 6 heteroatoms. The molecule has 0 saturated carbocycles. The zero-order chi connectivity index (χ0) is 17.0. The highest BCUT2D eigenvalue weighted by molar-refractivity contribution is 5.87. The third kappa shape index (κ3) is 4.29. The smallest absolute Gasteiger partial charge is 0.335 e. The normalized spacial score (nSPS) is 10.3. The van der Waals surface area contributed by atoms with Crippen molar-refractivity contribution in [2.75, 3.05) is 0 Å². The Bertz CT molecular complexity index is 765. The number of rotatable bonds is 5. The van der Waals surface area contributed by atoms with Crippen molar-refractivity contribution < 1.29 is 14.7 Å². The van der Waals surface area contributed by atoms with Gasteiger partial charge in [0.2, 0.25) is 5.91 Å². The molecule has 0 unspecified atom stereocenters. The number of amides is 1. The van der Waals surface area contributed by atoms with Crippen molar-refractivity contribution >= 4 is 11.9 Å². The Labute approximate surface area is 133 Å². The van der Waals surface area contributed by atoms with E-state index in [-0.39, 0.29) is 23.4 Å². The van der Waals surface area contributed by atoms with Crippen LogP contribution in [0.5, 0.6) is 0 Å². The van der Waals surface area contributed by atoms with Crippen LogP contribution in [0.25, 0.3) is 0 Å². The molecular formula is C17H18N2O4. The number of carbonyl (C=O) groups excluding carboxylic acids is 1. The summed E-state index contributed by atoms with van der Waals surface area (Å²) in [7, 11) is 0. The van der Waals surface area contributed by atoms with E-state index in [1.165, 1.54) is 24.3 Å². The number of benzene rings is 1. The van der Waals surface area contributed by atoms with Gasteiger partial charge in [-0.3, -0.25) is 9.59 Å². The van der Waals surface area contributed by atoms with E-state index in [0.717, 1.165) is 17.0 Å². The molecule has 0 aliphatic heterocycles. The van der Waals surface area contributed by atoms with Gasteiger partial charge in [0.05, 0.1) is 5.56 Å². The van der Waals surface area contributed by atoms with E-state index in [4.69, 9.17) is 5.11 Å². The molecule has 0 aliphatic rings. The Morgan fingerprint density at radius 1 is 1.09 bits per heavy atom. The van der Waals surface area contributed by atoms with Crippen LogP contribution in [-0.4, -0.2) is 21.6 Å². The summed E-state index contributed by atoms with van der Waals surface area (Å²) in [4.78, 5) is 34.2. The van der Waals surface area contributed by atoms with Gasteiger partial charge in [-0.15, -0.1) is 0 Å². The first-order chi connectivity index (χ1) is 10.9. The minimum absolute atomic E-state index is 0.0739. The van der Waals surface area contributed by atoms with Gasteiger partial charge in [0, 0.05) is 30.1 Å². The van der Waals surface area contributed by atoms with Crippen molar-refractivity contribution in [2.24, 2.45) is 0 Å². The van der Waals surface area contributed by atoms with Gasteiger partial charge < -0.3 is 15.0 Å². The Morgan fingerprint density at radius 2 is 1.65 bits per heavy atom. The highest BCUT2D eigenvalue weighted by Crippen LogP contribution is 2.05. The second-order valence-electron chi connectivity index (χ2n) is 5.34. The number of nitrogens with one attached hydrogen (secondary N) is 1. The molecule has 0 aliphatic carbocycles. The number of aryl methyl sites for hydroxylation is 2. The molecule has 2 rings (SSSR count). The summed E-state index contributed by atoms with van der Waals surface area (Å²) in [6.07, 6.45) is 0. The van der Waals surface area contributed by atoms with Crippen molar-refractivity contribution in [1.82, 2.24) is 9.88 Å². The van der Waals surface area contributed by atoms with E-state index in [1.807, 2.05) is 0 Å². The number of hydrogen-bond acceptors (Lipinski definition) is 3. The summed E-state index contributed by atoms with van der Waals surface area (Å²) in [5.74, 6) is -1.16. The maximum absolute atomic E-state index is 12.0. The van der Waals surface area contributed by atoms with Gasteiger partial charge >= 0.3 is 5.97 Å². The number of hydrogen-bond donors (Lipinski definition) is 2. The van der Waals surface area contributed by atoms with Crippen LogP contribution < -0.4 is 10.7 Å². The molecule has 0 fully saturated rings. The van der Waals surface area contributed by atoms with Crippen LogP contribution in [0.3, 0.4) is 0 Å². The zero-order valence-electron chi connectivity index (χ0n) is 13.0. The standard InChI is InChI=1S/C17H18N2O4/c1-11-7-15(20)8-12(2)19(11)10-16(21)18-9-13-3-5-14(6-4-13)17(22)23/h3-8H,9-10H2,1-2H3,(H,18,21)(H,22,23). The summed E-state index contributed by atoms with van der Waals surface area (Å²) >= 11 is 0. The van der Waals surface area contributed by atoms with Crippen LogP contribution in [0.4, 0.5) is 0 Å². The van der Waals surface area contributed by atoms with Gasteiger partial charge in [0.25, 0.3) is 0 Å². The summed E-state index contributed by atoms with van der Waals surface area (Å²) in [5.41, 5.74) is 2.42. The van der Waals surface area contributed by atoms with Gasteiger partial charge in [-0.1, -0.05) is 12.1 Å². The predicted molar refractivity (Wildman–Crippen MR) is 85.4 cm³/mol. The summed E-state index contributed by atoms with van der Waals surface area (Å²) in [6, 6.07) is 9.31. The summed E-state index contributed by atoms with van der Waals surface area (Å²) < 4.78 is 1.77. The number of carboxylic acids is 1. The first-order valence-electron chi connectivity index (χ1n) is 7.14. The minimum Gasteiger partial charge on any atom is -0.478 e. The first-order valence-corrected chi connectivity index (χ1v) is 7.14. The molecule has 0 spiro atoms. The lowest BCUT2D eigenvalue weighted by Crippen LogP contribution is -2.29. The monoisotopic (exact) mass is 314 g/mol. The van der Waals surface area contributed by atoms with Crippen LogP contribution >= 0.6 is 0 Å². The average Bonchev–Trinajstić information content (AvgIpc) is 2.49. The van der Waals surface area contributed by atoms with E-state index in [0.29, 0.717) is 6.54 Å². The maximum Gasteiger partial charge on any atom is 0.335 e. The van der Waals surface area contributed by atoms with Crippen LogP contribution in [0, 0.1) is 13.8 Å². The fourth-order valence-electron chi connectivity index (χ4n) is 2.30. The molecular weight excluding hydrogens is 296 g/mol. The lowest BCUT2D eigenvalue weighted by molar-refractivity contribution is -0.121. The number of carboxylic acid groups (broad SMARTS) is 1. The van der Waals surface area contributed by atoms with Crippen molar-refractivity contribution in [1.29, 1.82) is 0 Å². The van der Waals surface area contributed by atoms with Crippen molar-refractivity contribution in [3.8, 4) is 0 Å². The fourth-order valence-corrected chi connectivity index (χ4v) is 2.30. The third-order valence-corrected chi connectivity index (χ3v) is 3.55. The quantitative estimate of drug-likeness (QED) is 0.875. The van der Waals surface area contributed by atoms with E-state index < -0.39 is 5.97 Å². The predicted octanol–water partition coefficient (Wildman–Crippen LogP) is 1.48. The number of nitrogens with zero attached hydrogens (tertiary/aromatic N) is 1. The minimum atomic E-state index is -0.982. The zero-order valence-corrected chi connectivity index (χ0v) is 13.0. The average molecular weight is 314 g/mol. The number of pyridine rings is 1. The van der Waals surface area contributed by atoms with Crippen LogP contribution in [0.15, 0.2) is 41.2 Å². The summed E-state index contributed by atoms with van der Waals surface area (Å²) in [5, 5.41) is 11.6. The molecule has 2 N–H and O–H groups in total. The lowest BCUT2D eigenvalue weighted by atomic mass is 10.1.